The maximum atomic E-state index is 12.2. The molecule has 3 rings (SSSR count). The minimum absolute atomic E-state index is 0.336. The Morgan fingerprint density at radius 2 is 2.39 bits per heavy atom. The second-order valence-corrected chi connectivity index (χ2v) is 7.02. The Morgan fingerprint density at radius 3 is 3.17 bits per heavy atom. The van der Waals surface area contributed by atoms with Gasteiger partial charge >= 0.3 is 0 Å². The summed E-state index contributed by atoms with van der Waals surface area (Å²) in [5.74, 6) is 0.988. The van der Waals surface area contributed by atoms with Crippen molar-refractivity contribution in [3.8, 4) is 0 Å². The van der Waals surface area contributed by atoms with Crippen LogP contribution in [0.1, 0.15) is 24.1 Å². The van der Waals surface area contributed by atoms with Crippen LogP contribution in [0.3, 0.4) is 0 Å². The molecule has 2 atom stereocenters. The van der Waals surface area contributed by atoms with E-state index < -0.39 is 0 Å². The fourth-order valence-electron chi connectivity index (χ4n) is 3.06. The van der Waals surface area contributed by atoms with Gasteiger partial charge < -0.3 is 10.2 Å². The van der Waals surface area contributed by atoms with Gasteiger partial charge in [-0.2, -0.15) is 0 Å². The Morgan fingerprint density at radius 1 is 1.50 bits per heavy atom. The van der Waals surface area contributed by atoms with Crippen molar-refractivity contribution in [3.05, 3.63) is 20.8 Å². The molecule has 0 spiro atoms. The Balaban J connectivity index is 1.76. The van der Waals surface area contributed by atoms with Crippen LogP contribution in [0.25, 0.3) is 0 Å². The monoisotopic (exact) mass is 328 g/mol. The molecule has 0 aliphatic carbocycles. The maximum absolute atomic E-state index is 12.2. The van der Waals surface area contributed by atoms with Crippen LogP contribution in [-0.4, -0.2) is 29.9 Å². The maximum Gasteiger partial charge on any atom is 0.223 e. The van der Waals surface area contributed by atoms with E-state index in [1.54, 1.807) is 11.3 Å². The van der Waals surface area contributed by atoms with Crippen molar-refractivity contribution in [1.29, 1.82) is 0 Å². The van der Waals surface area contributed by atoms with Crippen molar-refractivity contribution < 1.29 is 4.79 Å². The van der Waals surface area contributed by atoms with Crippen molar-refractivity contribution in [2.45, 2.75) is 31.8 Å². The van der Waals surface area contributed by atoms with Gasteiger partial charge in [0.2, 0.25) is 5.91 Å². The van der Waals surface area contributed by atoms with Crippen molar-refractivity contribution in [1.82, 2.24) is 10.2 Å². The van der Waals surface area contributed by atoms with Gasteiger partial charge in [0, 0.05) is 27.2 Å². The normalized spacial score (nSPS) is 28.3. The van der Waals surface area contributed by atoms with E-state index >= 15 is 0 Å². The number of carbonyl (C=O) groups is 1. The standard InChI is InChI=1S/C13H17BrN2OS/c14-10-5-11(18-8-10)7-16-12-3-4-15-6-9(12)1-2-13(16)17/h5,8-9,12,15H,1-4,6-7H2. The molecule has 3 nitrogen and oxygen atoms in total. The van der Waals surface area contributed by atoms with Crippen LogP contribution < -0.4 is 5.32 Å². The van der Waals surface area contributed by atoms with Crippen LogP contribution in [-0.2, 0) is 11.3 Å². The summed E-state index contributed by atoms with van der Waals surface area (Å²) in [7, 11) is 0. The van der Waals surface area contributed by atoms with Crippen LogP contribution in [0.4, 0.5) is 0 Å². The van der Waals surface area contributed by atoms with Gasteiger partial charge in [0.05, 0.1) is 6.54 Å². The second kappa shape index (κ2) is 5.31. The van der Waals surface area contributed by atoms with Gasteiger partial charge in [-0.05, 0) is 53.8 Å². The molecule has 3 heterocycles. The van der Waals surface area contributed by atoms with Crippen LogP contribution in [0, 0.1) is 5.92 Å². The minimum atomic E-state index is 0.336. The number of nitrogens with zero attached hydrogens (tertiary/aromatic N) is 1. The largest absolute Gasteiger partial charge is 0.334 e. The molecule has 5 heteroatoms. The zero-order valence-electron chi connectivity index (χ0n) is 10.2. The minimum Gasteiger partial charge on any atom is -0.334 e. The van der Waals surface area contributed by atoms with Gasteiger partial charge in [-0.25, -0.2) is 0 Å². The lowest BCUT2D eigenvalue weighted by molar-refractivity contribution is -0.140. The number of carbonyl (C=O) groups excluding carboxylic acids is 1. The quantitative estimate of drug-likeness (QED) is 0.905. The van der Waals surface area contributed by atoms with E-state index in [1.807, 2.05) is 0 Å². The van der Waals surface area contributed by atoms with E-state index in [0.29, 0.717) is 17.9 Å². The van der Waals surface area contributed by atoms with Crippen molar-refractivity contribution in [2.75, 3.05) is 13.1 Å². The highest BCUT2D eigenvalue weighted by atomic mass is 79.9. The van der Waals surface area contributed by atoms with E-state index in [-0.39, 0.29) is 0 Å². The third kappa shape index (κ3) is 2.49. The van der Waals surface area contributed by atoms with E-state index in [4.69, 9.17) is 0 Å². The summed E-state index contributed by atoms with van der Waals surface area (Å²) in [6.07, 6.45) is 2.87. The molecule has 0 aromatic carbocycles. The fourth-order valence-corrected chi connectivity index (χ4v) is 4.51. The number of amides is 1. The predicted molar refractivity (Wildman–Crippen MR) is 76.6 cm³/mol. The average Bonchev–Trinajstić information content (AvgIpc) is 2.79. The third-order valence-corrected chi connectivity index (χ3v) is 5.65. The summed E-state index contributed by atoms with van der Waals surface area (Å²) in [5, 5.41) is 5.53. The van der Waals surface area contributed by atoms with Gasteiger partial charge in [-0.15, -0.1) is 11.3 Å². The van der Waals surface area contributed by atoms with Gasteiger partial charge in [0.25, 0.3) is 0 Å². The first-order valence-electron chi connectivity index (χ1n) is 6.47. The molecule has 98 valence electrons. The van der Waals surface area contributed by atoms with Crippen LogP contribution in [0.2, 0.25) is 0 Å². The lowest BCUT2D eigenvalue weighted by Crippen LogP contribution is -2.54. The number of fused-ring (bicyclic) bond motifs is 1. The molecule has 0 bridgehead atoms. The van der Waals surface area contributed by atoms with Gasteiger partial charge in [-0.1, -0.05) is 0 Å². The highest BCUT2D eigenvalue weighted by molar-refractivity contribution is 9.10. The first-order chi connectivity index (χ1) is 8.74. The summed E-state index contributed by atoms with van der Waals surface area (Å²) >= 11 is 5.21. The highest BCUT2D eigenvalue weighted by Gasteiger charge is 2.37. The molecule has 1 aromatic heterocycles. The molecule has 2 unspecified atom stereocenters. The van der Waals surface area contributed by atoms with Gasteiger partial charge in [-0.3, -0.25) is 4.79 Å². The van der Waals surface area contributed by atoms with Crippen LogP contribution in [0.5, 0.6) is 0 Å². The molecule has 18 heavy (non-hydrogen) atoms. The Hall–Kier alpha value is -0.390. The lowest BCUT2D eigenvalue weighted by atomic mass is 9.84. The van der Waals surface area contributed by atoms with E-state index in [2.05, 4.69) is 37.6 Å². The van der Waals surface area contributed by atoms with E-state index in [9.17, 15) is 4.79 Å². The number of hydrogen-bond donors (Lipinski definition) is 1. The van der Waals surface area contributed by atoms with Crippen molar-refractivity contribution >= 4 is 33.2 Å². The molecule has 1 aromatic rings. The molecule has 2 aliphatic rings. The number of hydrogen-bond acceptors (Lipinski definition) is 3. The molecule has 0 radical (unpaired) electrons. The molecule has 2 saturated heterocycles. The molecule has 2 fully saturated rings. The van der Waals surface area contributed by atoms with Crippen LogP contribution in [0.15, 0.2) is 15.9 Å². The van der Waals surface area contributed by atoms with Gasteiger partial charge in [0.1, 0.15) is 0 Å². The number of thiophene rings is 1. The second-order valence-electron chi connectivity index (χ2n) is 5.11. The van der Waals surface area contributed by atoms with E-state index in [1.165, 1.54) is 4.88 Å². The molecule has 1 N–H and O–H groups in total. The Bertz CT molecular complexity index is 448. The summed E-state index contributed by atoms with van der Waals surface area (Å²) in [6, 6.07) is 2.58. The first-order valence-corrected chi connectivity index (χ1v) is 8.14. The summed E-state index contributed by atoms with van der Waals surface area (Å²) < 4.78 is 1.12. The summed E-state index contributed by atoms with van der Waals surface area (Å²) in [5.41, 5.74) is 0. The third-order valence-electron chi connectivity index (χ3n) is 3.97. The highest BCUT2D eigenvalue weighted by Crippen LogP contribution is 2.31. The summed E-state index contributed by atoms with van der Waals surface area (Å²) in [6.45, 7) is 2.90. The Kier molecular flexibility index (Phi) is 3.73. The topological polar surface area (TPSA) is 32.3 Å². The van der Waals surface area contributed by atoms with Crippen molar-refractivity contribution in [2.24, 2.45) is 5.92 Å². The van der Waals surface area contributed by atoms with Gasteiger partial charge in [0.15, 0.2) is 0 Å². The predicted octanol–water partition coefficient (Wildman–Crippen LogP) is 2.61. The van der Waals surface area contributed by atoms with E-state index in [0.717, 1.165) is 43.4 Å². The van der Waals surface area contributed by atoms with Crippen molar-refractivity contribution in [3.63, 3.8) is 0 Å². The first kappa shape index (κ1) is 12.6. The number of piperidine rings is 2. The SMILES string of the molecule is O=C1CCC2CNCCC2N1Cc1cc(Br)cs1. The molecular formula is C13H17BrN2OS. The molecular weight excluding hydrogens is 312 g/mol. The zero-order valence-corrected chi connectivity index (χ0v) is 12.6. The number of likely N-dealkylation sites (tertiary alicyclic amines) is 1. The average molecular weight is 329 g/mol. The molecule has 1 amide bonds. The Labute approximate surface area is 120 Å². The fraction of sp³-hybridized carbons (Fsp3) is 0.615. The molecule has 0 saturated carbocycles. The zero-order chi connectivity index (χ0) is 12.5. The number of halogens is 1. The molecule has 2 aliphatic heterocycles. The number of nitrogens with one attached hydrogen (secondary N) is 1. The lowest BCUT2D eigenvalue weighted by Gasteiger charge is -2.44. The van der Waals surface area contributed by atoms with Crippen LogP contribution >= 0.6 is 27.3 Å². The summed E-state index contributed by atoms with van der Waals surface area (Å²) in [4.78, 5) is 15.5. The number of rotatable bonds is 2. The smallest absolute Gasteiger partial charge is 0.223 e.